The third kappa shape index (κ3) is 3.04. The van der Waals surface area contributed by atoms with Gasteiger partial charge in [0.25, 0.3) is 0 Å². The summed E-state index contributed by atoms with van der Waals surface area (Å²) in [5, 5.41) is 12.5. The van der Waals surface area contributed by atoms with Gasteiger partial charge in [0.15, 0.2) is 0 Å². The molecule has 1 unspecified atom stereocenters. The number of nitrogens with zero attached hydrogens (tertiary/aromatic N) is 1. The standard InChI is InChI=1S/C10H18N2OS/c1-7(2)9(5-13)11-4-10-8(3)12-6-14-10/h6-7,9,11,13H,4-5H2,1-3H3. The molecule has 14 heavy (non-hydrogen) atoms. The molecule has 0 radical (unpaired) electrons. The van der Waals surface area contributed by atoms with E-state index in [-0.39, 0.29) is 12.6 Å². The third-order valence-corrected chi connectivity index (χ3v) is 3.31. The van der Waals surface area contributed by atoms with Gasteiger partial charge in [-0.15, -0.1) is 11.3 Å². The van der Waals surface area contributed by atoms with Gasteiger partial charge >= 0.3 is 0 Å². The number of thiazole rings is 1. The van der Waals surface area contributed by atoms with Crippen LogP contribution in [-0.4, -0.2) is 22.7 Å². The molecule has 1 atom stereocenters. The Morgan fingerprint density at radius 1 is 1.57 bits per heavy atom. The van der Waals surface area contributed by atoms with Gasteiger partial charge in [-0.1, -0.05) is 13.8 Å². The Bertz CT molecular complexity index is 273. The number of aryl methyl sites for hydroxylation is 1. The Kier molecular flexibility index (Phi) is 4.51. The van der Waals surface area contributed by atoms with E-state index in [0.29, 0.717) is 5.92 Å². The van der Waals surface area contributed by atoms with Gasteiger partial charge in [0.05, 0.1) is 17.8 Å². The van der Waals surface area contributed by atoms with Crippen molar-refractivity contribution in [3.8, 4) is 0 Å². The Labute approximate surface area is 89.2 Å². The molecule has 0 amide bonds. The first-order valence-electron chi connectivity index (χ1n) is 4.88. The summed E-state index contributed by atoms with van der Waals surface area (Å²) in [4.78, 5) is 5.44. The number of hydrogen-bond donors (Lipinski definition) is 2. The third-order valence-electron chi connectivity index (χ3n) is 2.37. The number of aliphatic hydroxyl groups excluding tert-OH is 1. The zero-order valence-corrected chi connectivity index (χ0v) is 9.77. The lowest BCUT2D eigenvalue weighted by Crippen LogP contribution is -2.36. The predicted molar refractivity (Wildman–Crippen MR) is 59.4 cm³/mol. The highest BCUT2D eigenvalue weighted by molar-refractivity contribution is 7.09. The largest absolute Gasteiger partial charge is 0.395 e. The van der Waals surface area contributed by atoms with E-state index in [9.17, 15) is 0 Å². The molecule has 0 saturated carbocycles. The van der Waals surface area contributed by atoms with Crippen molar-refractivity contribution in [1.82, 2.24) is 10.3 Å². The molecule has 2 N–H and O–H groups in total. The van der Waals surface area contributed by atoms with Crippen molar-refractivity contribution >= 4 is 11.3 Å². The van der Waals surface area contributed by atoms with Crippen LogP contribution in [0.4, 0.5) is 0 Å². The van der Waals surface area contributed by atoms with Gasteiger partial charge in [0.1, 0.15) is 0 Å². The number of nitrogens with one attached hydrogen (secondary N) is 1. The quantitative estimate of drug-likeness (QED) is 0.782. The Morgan fingerprint density at radius 3 is 2.71 bits per heavy atom. The van der Waals surface area contributed by atoms with E-state index in [1.807, 2.05) is 12.4 Å². The van der Waals surface area contributed by atoms with Crippen molar-refractivity contribution in [2.45, 2.75) is 33.4 Å². The molecular weight excluding hydrogens is 196 g/mol. The monoisotopic (exact) mass is 214 g/mol. The lowest BCUT2D eigenvalue weighted by atomic mass is 10.1. The van der Waals surface area contributed by atoms with Crippen LogP contribution in [-0.2, 0) is 6.54 Å². The zero-order valence-electron chi connectivity index (χ0n) is 8.95. The molecular formula is C10H18N2OS. The van der Waals surface area contributed by atoms with Crippen molar-refractivity contribution < 1.29 is 5.11 Å². The van der Waals surface area contributed by atoms with Gasteiger partial charge in [-0.2, -0.15) is 0 Å². The predicted octanol–water partition coefficient (Wildman–Crippen LogP) is 1.56. The molecule has 0 fully saturated rings. The van der Waals surface area contributed by atoms with Gasteiger partial charge < -0.3 is 10.4 Å². The molecule has 0 aliphatic heterocycles. The highest BCUT2D eigenvalue weighted by Crippen LogP contribution is 2.12. The summed E-state index contributed by atoms with van der Waals surface area (Å²) in [5.41, 5.74) is 2.94. The number of aliphatic hydroxyl groups is 1. The van der Waals surface area contributed by atoms with Crippen LogP contribution in [0.5, 0.6) is 0 Å². The van der Waals surface area contributed by atoms with Crippen LogP contribution < -0.4 is 5.32 Å². The fraction of sp³-hybridized carbons (Fsp3) is 0.700. The molecule has 4 heteroatoms. The molecule has 80 valence electrons. The summed E-state index contributed by atoms with van der Waals surface area (Å²) in [7, 11) is 0. The first-order valence-corrected chi connectivity index (χ1v) is 5.76. The highest BCUT2D eigenvalue weighted by Gasteiger charge is 2.11. The molecule has 1 heterocycles. The molecule has 0 aliphatic carbocycles. The smallest absolute Gasteiger partial charge is 0.0798 e. The number of hydrogen-bond acceptors (Lipinski definition) is 4. The SMILES string of the molecule is Cc1ncsc1CNC(CO)C(C)C. The van der Waals surface area contributed by atoms with Gasteiger partial charge in [0, 0.05) is 17.5 Å². The minimum atomic E-state index is 0.177. The van der Waals surface area contributed by atoms with Crippen molar-refractivity contribution in [3.63, 3.8) is 0 Å². The maximum Gasteiger partial charge on any atom is 0.0798 e. The van der Waals surface area contributed by atoms with Gasteiger partial charge in [-0.25, -0.2) is 4.98 Å². The molecule has 1 aromatic heterocycles. The average molecular weight is 214 g/mol. The van der Waals surface area contributed by atoms with E-state index >= 15 is 0 Å². The van der Waals surface area contributed by atoms with Crippen LogP contribution >= 0.6 is 11.3 Å². The second-order valence-electron chi connectivity index (χ2n) is 3.77. The van der Waals surface area contributed by atoms with E-state index in [0.717, 1.165) is 12.2 Å². The van der Waals surface area contributed by atoms with E-state index in [2.05, 4.69) is 24.1 Å². The Balaban J connectivity index is 2.43. The van der Waals surface area contributed by atoms with E-state index < -0.39 is 0 Å². The number of rotatable bonds is 5. The van der Waals surface area contributed by atoms with Gasteiger partial charge in [-0.3, -0.25) is 0 Å². The summed E-state index contributed by atoms with van der Waals surface area (Å²) in [6, 6.07) is 0.177. The topological polar surface area (TPSA) is 45.2 Å². The van der Waals surface area contributed by atoms with Crippen molar-refractivity contribution in [2.24, 2.45) is 5.92 Å². The first-order chi connectivity index (χ1) is 6.65. The Hall–Kier alpha value is -0.450. The molecule has 1 aromatic rings. The summed E-state index contributed by atoms with van der Waals surface area (Å²) in [6.45, 7) is 7.22. The molecule has 0 aliphatic rings. The average Bonchev–Trinajstić information content (AvgIpc) is 2.52. The lowest BCUT2D eigenvalue weighted by Gasteiger charge is -2.19. The molecule has 0 spiro atoms. The van der Waals surface area contributed by atoms with Crippen LogP contribution in [0, 0.1) is 12.8 Å². The molecule has 0 aromatic carbocycles. The van der Waals surface area contributed by atoms with Crippen LogP contribution in [0.2, 0.25) is 0 Å². The molecule has 0 saturated heterocycles. The van der Waals surface area contributed by atoms with E-state index in [4.69, 9.17) is 5.11 Å². The molecule has 0 bridgehead atoms. The summed E-state index contributed by atoms with van der Waals surface area (Å²) in [5.74, 6) is 0.452. The van der Waals surface area contributed by atoms with Crippen molar-refractivity contribution in [2.75, 3.05) is 6.61 Å². The summed E-state index contributed by atoms with van der Waals surface area (Å²) < 4.78 is 0. The summed E-state index contributed by atoms with van der Waals surface area (Å²) >= 11 is 1.66. The maximum absolute atomic E-state index is 9.12. The fourth-order valence-electron chi connectivity index (χ4n) is 1.23. The van der Waals surface area contributed by atoms with Gasteiger partial charge in [-0.05, 0) is 12.8 Å². The molecule has 1 rings (SSSR count). The maximum atomic E-state index is 9.12. The Morgan fingerprint density at radius 2 is 2.29 bits per heavy atom. The second kappa shape index (κ2) is 5.44. The zero-order chi connectivity index (χ0) is 10.6. The van der Waals surface area contributed by atoms with Crippen molar-refractivity contribution in [3.05, 3.63) is 16.1 Å². The van der Waals surface area contributed by atoms with E-state index in [1.54, 1.807) is 11.3 Å². The minimum absolute atomic E-state index is 0.177. The van der Waals surface area contributed by atoms with E-state index in [1.165, 1.54) is 4.88 Å². The normalized spacial score (nSPS) is 13.5. The van der Waals surface area contributed by atoms with Crippen LogP contribution in [0.3, 0.4) is 0 Å². The van der Waals surface area contributed by atoms with Gasteiger partial charge in [0.2, 0.25) is 0 Å². The van der Waals surface area contributed by atoms with Crippen LogP contribution in [0.1, 0.15) is 24.4 Å². The minimum Gasteiger partial charge on any atom is -0.395 e. The van der Waals surface area contributed by atoms with Crippen LogP contribution in [0.25, 0.3) is 0 Å². The summed E-state index contributed by atoms with van der Waals surface area (Å²) in [6.07, 6.45) is 0. The highest BCUT2D eigenvalue weighted by atomic mass is 32.1. The van der Waals surface area contributed by atoms with Crippen molar-refractivity contribution in [1.29, 1.82) is 0 Å². The second-order valence-corrected chi connectivity index (χ2v) is 4.71. The lowest BCUT2D eigenvalue weighted by molar-refractivity contribution is 0.210. The number of aromatic nitrogens is 1. The van der Waals surface area contributed by atoms with Crippen LogP contribution in [0.15, 0.2) is 5.51 Å². The molecule has 3 nitrogen and oxygen atoms in total. The fourth-order valence-corrected chi connectivity index (χ4v) is 1.96. The first kappa shape index (κ1) is 11.6.